The molecule has 0 N–H and O–H groups in total. The van der Waals surface area contributed by atoms with E-state index in [9.17, 15) is 4.79 Å². The molecule has 0 saturated carbocycles. The summed E-state index contributed by atoms with van der Waals surface area (Å²) in [5, 5.41) is 0. The number of rotatable bonds is 2. The largest absolute Gasteiger partial charge is 0.294 e. The van der Waals surface area contributed by atoms with Crippen LogP contribution in [-0.2, 0) is 0 Å². The van der Waals surface area contributed by atoms with Crippen molar-refractivity contribution in [3.63, 3.8) is 0 Å². The maximum Gasteiger partial charge on any atom is 0.163 e. The molecular weight excluding hydrogens is 172 g/mol. The molecule has 0 saturated heterocycles. The fourth-order valence-corrected chi connectivity index (χ4v) is 1.65. The van der Waals surface area contributed by atoms with Crippen LogP contribution in [0.3, 0.4) is 0 Å². The Bertz CT molecular complexity index is 431. The first-order valence-electron chi connectivity index (χ1n) is 4.84. The van der Waals surface area contributed by atoms with Crippen LogP contribution in [0.15, 0.2) is 42.5 Å². The molecule has 0 spiro atoms. The SMILES string of the molecule is CCC(=O)c1ccc2cccccc1-2. The van der Waals surface area contributed by atoms with Crippen molar-refractivity contribution < 1.29 is 4.79 Å². The summed E-state index contributed by atoms with van der Waals surface area (Å²) in [5.74, 6) is 0.214. The summed E-state index contributed by atoms with van der Waals surface area (Å²) in [7, 11) is 0. The van der Waals surface area contributed by atoms with E-state index in [1.54, 1.807) is 0 Å². The molecule has 0 aromatic heterocycles. The van der Waals surface area contributed by atoms with Crippen molar-refractivity contribution in [2.24, 2.45) is 0 Å². The zero-order valence-corrected chi connectivity index (χ0v) is 8.16. The maximum atomic E-state index is 11.6. The van der Waals surface area contributed by atoms with Crippen LogP contribution in [-0.4, -0.2) is 5.78 Å². The number of fused-ring (bicyclic) bond motifs is 1. The Morgan fingerprint density at radius 3 is 2.64 bits per heavy atom. The number of carbonyl (C=O) groups excluding carboxylic acids is 1. The minimum absolute atomic E-state index is 0.214. The smallest absolute Gasteiger partial charge is 0.163 e. The molecule has 2 aliphatic rings. The molecule has 0 bridgehead atoms. The van der Waals surface area contributed by atoms with Gasteiger partial charge in [-0.05, 0) is 11.1 Å². The van der Waals surface area contributed by atoms with Gasteiger partial charge in [0.05, 0.1) is 0 Å². The molecule has 1 nitrogen and oxygen atoms in total. The summed E-state index contributed by atoms with van der Waals surface area (Å²) < 4.78 is 0. The van der Waals surface area contributed by atoms with Crippen molar-refractivity contribution in [2.45, 2.75) is 13.3 Å². The molecule has 14 heavy (non-hydrogen) atoms. The second-order valence-corrected chi connectivity index (χ2v) is 3.30. The quantitative estimate of drug-likeness (QED) is 0.654. The van der Waals surface area contributed by atoms with E-state index in [0.717, 1.165) is 16.7 Å². The standard InChI is InChI=1S/C13H12O/c1-2-13(14)12-9-8-10-6-4-3-5-7-11(10)12/h3-9H,2H2,1H3. The van der Waals surface area contributed by atoms with Gasteiger partial charge in [-0.1, -0.05) is 49.4 Å². The van der Waals surface area contributed by atoms with E-state index < -0.39 is 0 Å². The van der Waals surface area contributed by atoms with Gasteiger partial charge in [0.2, 0.25) is 0 Å². The van der Waals surface area contributed by atoms with Crippen LogP contribution in [0.25, 0.3) is 11.1 Å². The number of hydrogen-bond acceptors (Lipinski definition) is 1. The van der Waals surface area contributed by atoms with Gasteiger partial charge in [0, 0.05) is 12.0 Å². The third kappa shape index (κ3) is 1.41. The van der Waals surface area contributed by atoms with E-state index in [1.807, 2.05) is 49.4 Å². The number of hydrogen-bond donors (Lipinski definition) is 0. The van der Waals surface area contributed by atoms with E-state index in [0.29, 0.717) is 6.42 Å². The minimum atomic E-state index is 0.214. The van der Waals surface area contributed by atoms with Crippen LogP contribution in [0, 0.1) is 0 Å². The Labute approximate surface area is 83.7 Å². The predicted octanol–water partition coefficient (Wildman–Crippen LogP) is 3.38. The van der Waals surface area contributed by atoms with E-state index >= 15 is 0 Å². The van der Waals surface area contributed by atoms with Gasteiger partial charge in [-0.25, -0.2) is 0 Å². The van der Waals surface area contributed by atoms with Gasteiger partial charge in [-0.2, -0.15) is 0 Å². The number of ketones is 1. The highest BCUT2D eigenvalue weighted by molar-refractivity contribution is 6.03. The molecule has 0 unspecified atom stereocenters. The third-order valence-electron chi connectivity index (χ3n) is 2.41. The van der Waals surface area contributed by atoms with Crippen LogP contribution in [0.1, 0.15) is 23.7 Å². The van der Waals surface area contributed by atoms with Crippen LogP contribution in [0.4, 0.5) is 0 Å². The third-order valence-corrected chi connectivity index (χ3v) is 2.41. The summed E-state index contributed by atoms with van der Waals surface area (Å²) in [6.07, 6.45) is 0.567. The van der Waals surface area contributed by atoms with Gasteiger partial charge in [-0.3, -0.25) is 4.79 Å². The Balaban J connectivity index is 2.58. The lowest BCUT2D eigenvalue weighted by molar-refractivity contribution is 0.0989. The fraction of sp³-hybridized carbons (Fsp3) is 0.154. The molecule has 1 heteroatoms. The predicted molar refractivity (Wildman–Crippen MR) is 57.7 cm³/mol. The average molecular weight is 184 g/mol. The van der Waals surface area contributed by atoms with E-state index in [2.05, 4.69) is 0 Å². The maximum absolute atomic E-state index is 11.6. The van der Waals surface area contributed by atoms with Crippen molar-refractivity contribution in [1.82, 2.24) is 0 Å². The average Bonchev–Trinajstić information content (AvgIpc) is 2.46. The Morgan fingerprint density at radius 2 is 1.86 bits per heavy atom. The molecule has 0 heterocycles. The molecule has 0 aromatic rings. The molecule has 70 valence electrons. The lowest BCUT2D eigenvalue weighted by atomic mass is 10.1. The zero-order chi connectivity index (χ0) is 9.97. The number of Topliss-reactive ketones (excluding diaryl/α,β-unsaturated/α-hetero) is 1. The molecule has 2 aliphatic carbocycles. The van der Waals surface area contributed by atoms with Gasteiger partial charge in [0.1, 0.15) is 0 Å². The summed E-state index contributed by atoms with van der Waals surface area (Å²) in [6.45, 7) is 1.89. The van der Waals surface area contributed by atoms with Crippen molar-refractivity contribution in [3.8, 4) is 11.1 Å². The van der Waals surface area contributed by atoms with Crippen molar-refractivity contribution in [2.75, 3.05) is 0 Å². The summed E-state index contributed by atoms with van der Waals surface area (Å²) in [5.41, 5.74) is 3.03. The first-order chi connectivity index (χ1) is 6.83. The van der Waals surface area contributed by atoms with Crippen molar-refractivity contribution in [3.05, 3.63) is 48.0 Å². The molecule has 0 atom stereocenters. The molecule has 0 aromatic carbocycles. The first-order valence-corrected chi connectivity index (χ1v) is 4.84. The molecule has 0 radical (unpaired) electrons. The summed E-state index contributed by atoms with van der Waals surface area (Å²) >= 11 is 0. The monoisotopic (exact) mass is 184 g/mol. The second-order valence-electron chi connectivity index (χ2n) is 3.30. The Morgan fingerprint density at radius 1 is 1.07 bits per heavy atom. The highest BCUT2D eigenvalue weighted by Crippen LogP contribution is 2.27. The molecule has 2 rings (SSSR count). The fourth-order valence-electron chi connectivity index (χ4n) is 1.65. The molecular formula is C13H12O. The highest BCUT2D eigenvalue weighted by Gasteiger charge is 2.12. The molecule has 0 amide bonds. The van der Waals surface area contributed by atoms with Crippen LogP contribution < -0.4 is 0 Å². The Hall–Kier alpha value is -1.63. The van der Waals surface area contributed by atoms with Gasteiger partial charge >= 0.3 is 0 Å². The van der Waals surface area contributed by atoms with Crippen LogP contribution in [0.5, 0.6) is 0 Å². The van der Waals surface area contributed by atoms with Crippen molar-refractivity contribution in [1.29, 1.82) is 0 Å². The van der Waals surface area contributed by atoms with Gasteiger partial charge in [0.15, 0.2) is 5.78 Å². The second kappa shape index (κ2) is 3.62. The van der Waals surface area contributed by atoms with Crippen LogP contribution in [0.2, 0.25) is 0 Å². The van der Waals surface area contributed by atoms with Gasteiger partial charge in [-0.15, -0.1) is 0 Å². The summed E-state index contributed by atoms with van der Waals surface area (Å²) in [4.78, 5) is 11.6. The van der Waals surface area contributed by atoms with E-state index in [4.69, 9.17) is 0 Å². The normalized spacial score (nSPS) is 10.4. The lowest BCUT2D eigenvalue weighted by Crippen LogP contribution is -1.94. The Kier molecular flexibility index (Phi) is 2.32. The first kappa shape index (κ1) is 8.95. The minimum Gasteiger partial charge on any atom is -0.294 e. The summed E-state index contributed by atoms with van der Waals surface area (Å²) in [6, 6.07) is 13.9. The molecule has 0 aliphatic heterocycles. The van der Waals surface area contributed by atoms with Crippen LogP contribution >= 0.6 is 0 Å². The topological polar surface area (TPSA) is 17.1 Å². The van der Waals surface area contributed by atoms with Gasteiger partial charge in [0.25, 0.3) is 0 Å². The molecule has 0 fully saturated rings. The van der Waals surface area contributed by atoms with E-state index in [-0.39, 0.29) is 5.78 Å². The lowest BCUT2D eigenvalue weighted by Gasteiger charge is -1.97. The number of carbonyl (C=O) groups is 1. The zero-order valence-electron chi connectivity index (χ0n) is 8.16. The highest BCUT2D eigenvalue weighted by atomic mass is 16.1. The van der Waals surface area contributed by atoms with Gasteiger partial charge < -0.3 is 0 Å². The van der Waals surface area contributed by atoms with Crippen molar-refractivity contribution >= 4 is 5.78 Å². The van der Waals surface area contributed by atoms with E-state index in [1.165, 1.54) is 0 Å².